The van der Waals surface area contributed by atoms with Gasteiger partial charge in [-0.1, -0.05) is 0 Å². The van der Waals surface area contributed by atoms with Gasteiger partial charge in [0.2, 0.25) is 0 Å². The molecule has 3 heterocycles. The molecule has 4 nitrogen and oxygen atoms in total. The minimum atomic E-state index is 0.0665. The van der Waals surface area contributed by atoms with E-state index in [4.69, 9.17) is 0 Å². The van der Waals surface area contributed by atoms with Gasteiger partial charge in [0.25, 0.3) is 5.56 Å². The molecule has 1 N–H and O–H groups in total. The maximum Gasteiger partial charge on any atom is 0.267 e. The van der Waals surface area contributed by atoms with Crippen molar-refractivity contribution in [1.82, 2.24) is 4.57 Å². The van der Waals surface area contributed by atoms with Crippen LogP contribution in [-0.4, -0.2) is 24.4 Å². The van der Waals surface area contributed by atoms with Gasteiger partial charge in [-0.25, -0.2) is 0 Å². The van der Waals surface area contributed by atoms with E-state index < -0.39 is 0 Å². The van der Waals surface area contributed by atoms with Crippen LogP contribution >= 0.6 is 15.9 Å². The summed E-state index contributed by atoms with van der Waals surface area (Å²) in [6, 6.07) is 2.06. The van der Waals surface area contributed by atoms with Crippen LogP contribution in [0.5, 0.6) is 0 Å². The molecule has 0 aromatic carbocycles. The molecule has 1 aromatic rings. The molecule has 2 atom stereocenters. The summed E-state index contributed by atoms with van der Waals surface area (Å²) in [6.07, 6.45) is 3.11. The molecule has 2 bridgehead atoms. The second-order valence-electron chi connectivity index (χ2n) is 4.69. The molecule has 0 amide bonds. The third kappa shape index (κ3) is 1.64. The van der Waals surface area contributed by atoms with Crippen molar-refractivity contribution in [2.45, 2.75) is 18.9 Å². The van der Waals surface area contributed by atoms with Gasteiger partial charge < -0.3 is 9.88 Å². The zero-order valence-electron chi connectivity index (χ0n) is 9.61. The zero-order chi connectivity index (χ0) is 12.0. The lowest BCUT2D eigenvalue weighted by Crippen LogP contribution is -2.37. The van der Waals surface area contributed by atoms with Gasteiger partial charge in [0.05, 0.1) is 5.69 Å². The Kier molecular flexibility index (Phi) is 2.58. The minimum absolute atomic E-state index is 0.0665. The zero-order valence-corrected chi connectivity index (χ0v) is 11.2. The fourth-order valence-corrected chi connectivity index (χ4v) is 3.26. The smallest absolute Gasteiger partial charge is 0.267 e. The molecule has 0 spiro atoms. The lowest BCUT2D eigenvalue weighted by molar-refractivity contribution is 0.346. The number of nitrogens with zero attached hydrogens (tertiary/aromatic N) is 2. The van der Waals surface area contributed by atoms with Gasteiger partial charge in [-0.15, -0.1) is 0 Å². The van der Waals surface area contributed by atoms with E-state index in [9.17, 15) is 4.79 Å². The van der Waals surface area contributed by atoms with Crippen molar-refractivity contribution in [1.29, 1.82) is 0 Å². The molecule has 0 saturated carbocycles. The van der Waals surface area contributed by atoms with Crippen molar-refractivity contribution >= 4 is 27.8 Å². The second kappa shape index (κ2) is 3.98. The van der Waals surface area contributed by atoms with Crippen LogP contribution in [0, 0.1) is 5.92 Å². The van der Waals surface area contributed by atoms with Gasteiger partial charge in [0.1, 0.15) is 4.47 Å². The van der Waals surface area contributed by atoms with Gasteiger partial charge in [0.15, 0.2) is 0 Å². The predicted octanol–water partition coefficient (Wildman–Crippen LogP) is 1.84. The molecular formula is C12H14BrN3O. The molecule has 2 unspecified atom stereocenters. The molecule has 2 aliphatic rings. The molecule has 0 radical (unpaired) electrons. The van der Waals surface area contributed by atoms with E-state index in [1.165, 1.54) is 0 Å². The van der Waals surface area contributed by atoms with Gasteiger partial charge in [-0.3, -0.25) is 9.79 Å². The van der Waals surface area contributed by atoms with Gasteiger partial charge in [-0.2, -0.15) is 0 Å². The normalized spacial score (nSPS) is 25.5. The maximum atomic E-state index is 12.3. The van der Waals surface area contributed by atoms with E-state index in [0.29, 0.717) is 16.3 Å². The standard InChI is InChI=1S/C12H14BrN3O/c1-14-9-3-10-8-2-7(4-15-5-8)6-16(10)12(17)11(9)13/h3,5,7-8,14H,2,4,6H2,1H3. The summed E-state index contributed by atoms with van der Waals surface area (Å²) in [5.41, 5.74) is 2.01. The van der Waals surface area contributed by atoms with Crippen molar-refractivity contribution in [3.05, 3.63) is 26.6 Å². The summed E-state index contributed by atoms with van der Waals surface area (Å²) in [4.78, 5) is 16.7. The van der Waals surface area contributed by atoms with Crippen LogP contribution < -0.4 is 10.9 Å². The number of aliphatic imine (C=N–C) groups is 1. The molecule has 0 fully saturated rings. The Morgan fingerprint density at radius 3 is 3.18 bits per heavy atom. The van der Waals surface area contributed by atoms with Crippen LogP contribution in [0.25, 0.3) is 0 Å². The summed E-state index contributed by atoms with van der Waals surface area (Å²) in [7, 11) is 1.83. The molecule has 17 heavy (non-hydrogen) atoms. The molecular weight excluding hydrogens is 282 g/mol. The average molecular weight is 296 g/mol. The van der Waals surface area contributed by atoms with Crippen molar-refractivity contribution in [2.75, 3.05) is 18.9 Å². The number of fused-ring (bicyclic) bond motifs is 4. The highest BCUT2D eigenvalue weighted by Crippen LogP contribution is 2.34. The fraction of sp³-hybridized carbons (Fsp3) is 0.500. The second-order valence-corrected chi connectivity index (χ2v) is 5.48. The molecule has 2 aliphatic heterocycles. The molecule has 90 valence electrons. The summed E-state index contributed by atoms with van der Waals surface area (Å²) in [6.45, 7) is 1.65. The number of nitrogens with one attached hydrogen (secondary N) is 1. The van der Waals surface area contributed by atoms with Crippen LogP contribution in [0.4, 0.5) is 5.69 Å². The largest absolute Gasteiger partial charge is 0.387 e. The van der Waals surface area contributed by atoms with Crippen molar-refractivity contribution in [2.24, 2.45) is 10.9 Å². The molecule has 0 aliphatic carbocycles. The average Bonchev–Trinajstić information content (AvgIpc) is 2.35. The van der Waals surface area contributed by atoms with Crippen molar-refractivity contribution < 1.29 is 0 Å². The predicted molar refractivity (Wildman–Crippen MR) is 72.2 cm³/mol. The number of aromatic nitrogens is 1. The number of pyridine rings is 1. The topological polar surface area (TPSA) is 46.4 Å². The number of hydrogen-bond donors (Lipinski definition) is 1. The number of halogens is 1. The number of rotatable bonds is 1. The van der Waals surface area contributed by atoms with Gasteiger partial charge >= 0.3 is 0 Å². The fourth-order valence-electron chi connectivity index (χ4n) is 2.74. The molecule has 1 aromatic heterocycles. The Morgan fingerprint density at radius 1 is 1.59 bits per heavy atom. The van der Waals surface area contributed by atoms with E-state index in [1.54, 1.807) is 0 Å². The van der Waals surface area contributed by atoms with E-state index >= 15 is 0 Å². The monoisotopic (exact) mass is 295 g/mol. The van der Waals surface area contributed by atoms with Crippen molar-refractivity contribution in [3.63, 3.8) is 0 Å². The van der Waals surface area contributed by atoms with E-state index in [0.717, 1.165) is 30.9 Å². The van der Waals surface area contributed by atoms with Gasteiger partial charge in [0, 0.05) is 38.0 Å². The molecule has 5 heteroatoms. The van der Waals surface area contributed by atoms with Crippen LogP contribution in [0.3, 0.4) is 0 Å². The Morgan fingerprint density at radius 2 is 2.41 bits per heavy atom. The Hall–Kier alpha value is -1.10. The Balaban J connectivity index is 2.23. The molecule has 0 saturated heterocycles. The lowest BCUT2D eigenvalue weighted by atomic mass is 9.86. The third-order valence-electron chi connectivity index (χ3n) is 3.60. The van der Waals surface area contributed by atoms with Crippen LogP contribution in [0.2, 0.25) is 0 Å². The SMILES string of the molecule is CNc1cc2n(c(=O)c1Br)CC1CN=CC2C1. The summed E-state index contributed by atoms with van der Waals surface area (Å²) >= 11 is 3.37. The first-order chi connectivity index (χ1) is 8.20. The highest BCUT2D eigenvalue weighted by Gasteiger charge is 2.30. The van der Waals surface area contributed by atoms with E-state index in [1.807, 2.05) is 17.8 Å². The Bertz CT molecular complexity index is 549. The Labute approximate surface area is 108 Å². The lowest BCUT2D eigenvalue weighted by Gasteiger charge is -2.33. The summed E-state index contributed by atoms with van der Waals surface area (Å²) in [5, 5.41) is 3.06. The van der Waals surface area contributed by atoms with Crippen LogP contribution in [-0.2, 0) is 6.54 Å². The minimum Gasteiger partial charge on any atom is -0.387 e. The first kappa shape index (κ1) is 11.0. The maximum absolute atomic E-state index is 12.3. The first-order valence-corrected chi connectivity index (χ1v) is 6.61. The summed E-state index contributed by atoms with van der Waals surface area (Å²) < 4.78 is 2.52. The van der Waals surface area contributed by atoms with Crippen LogP contribution in [0.15, 0.2) is 20.3 Å². The van der Waals surface area contributed by atoms with Gasteiger partial charge in [-0.05, 0) is 34.3 Å². The van der Waals surface area contributed by atoms with Crippen LogP contribution in [0.1, 0.15) is 18.0 Å². The summed E-state index contributed by atoms with van der Waals surface area (Å²) in [5.74, 6) is 0.818. The first-order valence-electron chi connectivity index (χ1n) is 5.81. The van der Waals surface area contributed by atoms with E-state index in [-0.39, 0.29) is 5.56 Å². The highest BCUT2D eigenvalue weighted by molar-refractivity contribution is 9.10. The molecule has 3 rings (SSSR count). The number of hydrogen-bond acceptors (Lipinski definition) is 3. The quantitative estimate of drug-likeness (QED) is 0.859. The van der Waals surface area contributed by atoms with E-state index in [2.05, 4.69) is 32.3 Å². The highest BCUT2D eigenvalue weighted by atomic mass is 79.9. The van der Waals surface area contributed by atoms with Crippen molar-refractivity contribution in [3.8, 4) is 0 Å². The number of anilines is 1. The third-order valence-corrected chi connectivity index (χ3v) is 4.37.